The maximum absolute atomic E-state index is 9.26. The lowest BCUT2D eigenvalue weighted by atomic mass is 9.93. The highest BCUT2D eigenvalue weighted by molar-refractivity contribution is 9.10. The van der Waals surface area contributed by atoms with Gasteiger partial charge >= 0.3 is 0 Å². The van der Waals surface area contributed by atoms with Crippen molar-refractivity contribution < 1.29 is 5.11 Å². The van der Waals surface area contributed by atoms with E-state index in [1.54, 1.807) is 0 Å². The van der Waals surface area contributed by atoms with Gasteiger partial charge < -0.3 is 10.0 Å². The second-order valence-electron chi connectivity index (χ2n) is 8.35. The number of aryl methyl sites for hydroxylation is 4. The van der Waals surface area contributed by atoms with Gasteiger partial charge in [0.1, 0.15) is 0 Å². The fourth-order valence-corrected chi connectivity index (χ4v) is 6.60. The molecule has 4 rings (SSSR count). The number of fused-ring (bicyclic) bond motifs is 1. The van der Waals surface area contributed by atoms with Gasteiger partial charge in [0.15, 0.2) is 0 Å². The summed E-state index contributed by atoms with van der Waals surface area (Å²) >= 11 is 5.51. The van der Waals surface area contributed by atoms with Crippen LogP contribution < -0.4 is 4.90 Å². The van der Waals surface area contributed by atoms with E-state index >= 15 is 0 Å². The maximum atomic E-state index is 9.26. The van der Waals surface area contributed by atoms with Gasteiger partial charge in [0.05, 0.1) is 15.9 Å². The number of rotatable bonds is 4. The Bertz CT molecular complexity index is 1030. The van der Waals surface area contributed by atoms with Gasteiger partial charge in [0.25, 0.3) is 0 Å². The summed E-state index contributed by atoms with van der Waals surface area (Å²) in [4.78, 5) is 8.89. The molecule has 3 aromatic rings. The average Bonchev–Trinajstić information content (AvgIpc) is 2.97. The molecule has 3 heterocycles. The molecule has 0 atom stereocenters. The molecule has 1 saturated heterocycles. The molecule has 0 spiro atoms. The van der Waals surface area contributed by atoms with Crippen molar-refractivity contribution in [2.75, 3.05) is 24.6 Å². The SMILES string of the molecule is Cc1cc(N2CCC(CCO)CC2)c2sc(C)c(-c3c(C)cc(Br)cc3C)c2n1. The van der Waals surface area contributed by atoms with Crippen LogP contribution in [0.4, 0.5) is 5.69 Å². The smallest absolute Gasteiger partial charge is 0.0915 e. The molecule has 0 amide bonds. The molecule has 1 fully saturated rings. The van der Waals surface area contributed by atoms with Crippen LogP contribution in [0.1, 0.15) is 41.0 Å². The maximum Gasteiger partial charge on any atom is 0.0915 e. The minimum atomic E-state index is 0.308. The summed E-state index contributed by atoms with van der Waals surface area (Å²) in [6.07, 6.45) is 3.25. The zero-order valence-electron chi connectivity index (χ0n) is 17.7. The van der Waals surface area contributed by atoms with Gasteiger partial charge in [-0.3, -0.25) is 4.98 Å². The van der Waals surface area contributed by atoms with Crippen molar-refractivity contribution >= 4 is 43.2 Å². The lowest BCUT2D eigenvalue weighted by Crippen LogP contribution is -2.34. The molecule has 1 aliphatic rings. The molecular formula is C24H29BrN2OS. The van der Waals surface area contributed by atoms with E-state index in [0.717, 1.165) is 48.0 Å². The number of piperidine rings is 1. The van der Waals surface area contributed by atoms with Gasteiger partial charge in [-0.25, -0.2) is 0 Å². The number of pyridine rings is 1. The highest BCUT2D eigenvalue weighted by Gasteiger charge is 2.24. The molecule has 0 unspecified atom stereocenters. The second kappa shape index (κ2) is 8.37. The van der Waals surface area contributed by atoms with Crippen LogP contribution in [0.3, 0.4) is 0 Å². The largest absolute Gasteiger partial charge is 0.396 e. The van der Waals surface area contributed by atoms with Crippen LogP contribution >= 0.6 is 27.3 Å². The fraction of sp³-hybridized carbons (Fsp3) is 0.458. The number of hydrogen-bond acceptors (Lipinski definition) is 4. The lowest BCUT2D eigenvalue weighted by molar-refractivity contribution is 0.240. The van der Waals surface area contributed by atoms with Crippen LogP contribution in [0.25, 0.3) is 21.3 Å². The molecule has 0 radical (unpaired) electrons. The summed E-state index contributed by atoms with van der Waals surface area (Å²) in [5, 5.41) is 9.26. The first kappa shape index (κ1) is 20.8. The van der Waals surface area contributed by atoms with Crippen LogP contribution in [0.5, 0.6) is 0 Å². The van der Waals surface area contributed by atoms with E-state index in [9.17, 15) is 5.11 Å². The molecule has 0 saturated carbocycles. The molecule has 2 aromatic heterocycles. The third-order valence-electron chi connectivity index (χ3n) is 6.17. The summed E-state index contributed by atoms with van der Waals surface area (Å²) in [5.74, 6) is 0.656. The zero-order valence-corrected chi connectivity index (χ0v) is 20.1. The van der Waals surface area contributed by atoms with Crippen molar-refractivity contribution in [3.63, 3.8) is 0 Å². The van der Waals surface area contributed by atoms with Gasteiger partial charge in [0, 0.05) is 40.3 Å². The molecular weight excluding hydrogens is 444 g/mol. The number of halogens is 1. The molecule has 0 bridgehead atoms. The van der Waals surface area contributed by atoms with Crippen molar-refractivity contribution in [1.82, 2.24) is 4.98 Å². The summed E-state index contributed by atoms with van der Waals surface area (Å²) < 4.78 is 2.44. The van der Waals surface area contributed by atoms with E-state index in [1.165, 1.54) is 37.5 Å². The van der Waals surface area contributed by atoms with E-state index in [2.05, 4.69) is 66.7 Å². The van der Waals surface area contributed by atoms with Crippen LogP contribution in [-0.2, 0) is 0 Å². The fourth-order valence-electron chi connectivity index (χ4n) is 4.76. The van der Waals surface area contributed by atoms with Crippen molar-refractivity contribution in [1.29, 1.82) is 0 Å². The predicted octanol–water partition coefficient (Wildman–Crippen LogP) is 6.56. The Morgan fingerprint density at radius 3 is 2.34 bits per heavy atom. The molecule has 29 heavy (non-hydrogen) atoms. The van der Waals surface area contributed by atoms with E-state index in [1.807, 2.05) is 11.3 Å². The Morgan fingerprint density at radius 2 is 1.72 bits per heavy atom. The summed E-state index contributed by atoms with van der Waals surface area (Å²) in [7, 11) is 0. The number of anilines is 1. The van der Waals surface area contributed by atoms with Crippen LogP contribution in [0.2, 0.25) is 0 Å². The Morgan fingerprint density at radius 1 is 1.07 bits per heavy atom. The Hall–Kier alpha value is -1.43. The van der Waals surface area contributed by atoms with Crippen LogP contribution in [0.15, 0.2) is 22.7 Å². The number of thiophene rings is 1. The third-order valence-corrected chi connectivity index (χ3v) is 7.74. The summed E-state index contributed by atoms with van der Waals surface area (Å²) in [6, 6.07) is 6.66. The first-order valence-electron chi connectivity index (χ1n) is 10.4. The molecule has 5 heteroatoms. The Labute approximate surface area is 185 Å². The minimum absolute atomic E-state index is 0.308. The first-order valence-corrected chi connectivity index (χ1v) is 12.0. The molecule has 3 nitrogen and oxygen atoms in total. The van der Waals surface area contributed by atoms with Crippen molar-refractivity contribution in [3.8, 4) is 11.1 Å². The summed E-state index contributed by atoms with van der Waals surface area (Å²) in [6.45, 7) is 11.2. The number of aromatic nitrogens is 1. The van der Waals surface area contributed by atoms with Gasteiger partial charge in [-0.1, -0.05) is 15.9 Å². The molecule has 154 valence electrons. The van der Waals surface area contributed by atoms with E-state index < -0.39 is 0 Å². The highest BCUT2D eigenvalue weighted by Crippen LogP contribution is 2.45. The number of hydrogen-bond donors (Lipinski definition) is 1. The predicted molar refractivity (Wildman–Crippen MR) is 128 cm³/mol. The van der Waals surface area contributed by atoms with E-state index in [-0.39, 0.29) is 0 Å². The molecule has 1 aliphatic heterocycles. The third kappa shape index (κ3) is 3.97. The molecule has 0 aliphatic carbocycles. The Balaban J connectivity index is 1.82. The van der Waals surface area contributed by atoms with Crippen molar-refractivity contribution in [2.45, 2.75) is 47.0 Å². The van der Waals surface area contributed by atoms with Crippen molar-refractivity contribution in [3.05, 3.63) is 44.4 Å². The van der Waals surface area contributed by atoms with E-state index in [0.29, 0.717) is 12.5 Å². The topological polar surface area (TPSA) is 36.4 Å². The lowest BCUT2D eigenvalue weighted by Gasteiger charge is -2.33. The standard InChI is InChI=1S/C24H29BrN2OS/c1-14-11-19(25)12-15(2)21(14)22-17(4)29-24-20(13-16(3)26-23(22)24)27-8-5-18(6-9-27)7-10-28/h11-13,18,28H,5-10H2,1-4H3. The normalized spacial score (nSPS) is 15.4. The summed E-state index contributed by atoms with van der Waals surface area (Å²) in [5.41, 5.74) is 8.76. The second-order valence-corrected chi connectivity index (χ2v) is 10.5. The first-order chi connectivity index (χ1) is 13.9. The van der Waals surface area contributed by atoms with Gasteiger partial charge in [-0.05, 0) is 87.8 Å². The monoisotopic (exact) mass is 472 g/mol. The number of aliphatic hydroxyl groups excluding tert-OH is 1. The minimum Gasteiger partial charge on any atom is -0.396 e. The van der Waals surface area contributed by atoms with Crippen LogP contribution in [0, 0.1) is 33.6 Å². The van der Waals surface area contributed by atoms with Gasteiger partial charge in [0.2, 0.25) is 0 Å². The zero-order chi connectivity index (χ0) is 20.7. The van der Waals surface area contributed by atoms with Gasteiger partial charge in [-0.2, -0.15) is 0 Å². The molecule has 1 aromatic carbocycles. The van der Waals surface area contributed by atoms with Crippen molar-refractivity contribution in [2.24, 2.45) is 5.92 Å². The van der Waals surface area contributed by atoms with Gasteiger partial charge in [-0.15, -0.1) is 11.3 Å². The number of benzene rings is 1. The Kier molecular flexibility index (Phi) is 6.01. The number of aliphatic hydroxyl groups is 1. The van der Waals surface area contributed by atoms with Crippen LogP contribution in [-0.4, -0.2) is 29.8 Å². The number of nitrogens with zero attached hydrogens (tertiary/aromatic N) is 2. The highest BCUT2D eigenvalue weighted by atomic mass is 79.9. The van der Waals surface area contributed by atoms with E-state index in [4.69, 9.17) is 4.98 Å². The quantitative estimate of drug-likeness (QED) is 0.466. The average molecular weight is 473 g/mol. The molecule has 1 N–H and O–H groups in total.